The summed E-state index contributed by atoms with van der Waals surface area (Å²) in [7, 11) is 0. The molecule has 16 heavy (non-hydrogen) atoms. The molecule has 0 radical (unpaired) electrons. The van der Waals surface area contributed by atoms with Crippen molar-refractivity contribution in [2.24, 2.45) is 0 Å². The Hall–Kier alpha value is -1.48. The monoisotopic (exact) mass is 213 g/mol. The zero-order valence-corrected chi connectivity index (χ0v) is 9.19. The highest BCUT2D eigenvalue weighted by Gasteiger charge is 2.16. The molecule has 1 aliphatic rings. The van der Waals surface area contributed by atoms with E-state index in [0.29, 0.717) is 5.92 Å². The molecule has 0 aliphatic carbocycles. The van der Waals surface area contributed by atoms with Crippen LogP contribution in [0.4, 0.5) is 0 Å². The van der Waals surface area contributed by atoms with E-state index in [9.17, 15) is 0 Å². The van der Waals surface area contributed by atoms with Crippen LogP contribution >= 0.6 is 0 Å². The Morgan fingerprint density at radius 1 is 1.19 bits per heavy atom. The second-order valence-electron chi connectivity index (χ2n) is 4.37. The number of nitrogens with one attached hydrogen (secondary N) is 1. The van der Waals surface area contributed by atoms with Crippen LogP contribution in [0.3, 0.4) is 0 Å². The SMILES string of the molecule is c1ccc2nnc(C3CCCNC3)cc2c1. The van der Waals surface area contributed by atoms with Crippen molar-refractivity contribution < 1.29 is 0 Å². The van der Waals surface area contributed by atoms with Gasteiger partial charge in [-0.05, 0) is 31.5 Å². The van der Waals surface area contributed by atoms with Crippen LogP contribution in [-0.2, 0) is 0 Å². The summed E-state index contributed by atoms with van der Waals surface area (Å²) in [5, 5.41) is 13.2. The predicted octanol–water partition coefficient (Wildman–Crippen LogP) is 2.10. The Bertz CT molecular complexity index is 489. The first-order valence-corrected chi connectivity index (χ1v) is 5.86. The zero-order chi connectivity index (χ0) is 10.8. The summed E-state index contributed by atoms with van der Waals surface area (Å²) in [6.07, 6.45) is 2.46. The quantitative estimate of drug-likeness (QED) is 0.788. The molecule has 0 amide bonds. The number of rotatable bonds is 1. The van der Waals surface area contributed by atoms with Gasteiger partial charge in [-0.25, -0.2) is 0 Å². The van der Waals surface area contributed by atoms with Gasteiger partial charge in [-0.2, -0.15) is 10.2 Å². The maximum absolute atomic E-state index is 4.34. The van der Waals surface area contributed by atoms with Gasteiger partial charge in [0.05, 0.1) is 11.2 Å². The molecule has 3 rings (SSSR count). The summed E-state index contributed by atoms with van der Waals surface area (Å²) in [5.74, 6) is 0.533. The van der Waals surface area contributed by atoms with Crippen molar-refractivity contribution in [3.8, 4) is 0 Å². The van der Waals surface area contributed by atoms with Crippen molar-refractivity contribution in [2.45, 2.75) is 18.8 Å². The van der Waals surface area contributed by atoms with Crippen LogP contribution in [0.5, 0.6) is 0 Å². The first-order valence-electron chi connectivity index (χ1n) is 5.86. The number of fused-ring (bicyclic) bond motifs is 1. The highest BCUT2D eigenvalue weighted by Crippen LogP contribution is 2.23. The van der Waals surface area contributed by atoms with E-state index in [4.69, 9.17) is 0 Å². The number of aromatic nitrogens is 2. The molecule has 2 aromatic rings. The molecular weight excluding hydrogens is 198 g/mol. The van der Waals surface area contributed by atoms with Gasteiger partial charge in [0.2, 0.25) is 0 Å². The molecule has 1 fully saturated rings. The van der Waals surface area contributed by atoms with Gasteiger partial charge in [-0.15, -0.1) is 0 Å². The minimum absolute atomic E-state index is 0.533. The maximum atomic E-state index is 4.34. The van der Waals surface area contributed by atoms with E-state index in [1.54, 1.807) is 0 Å². The van der Waals surface area contributed by atoms with E-state index in [1.165, 1.54) is 18.2 Å². The lowest BCUT2D eigenvalue weighted by Crippen LogP contribution is -2.28. The summed E-state index contributed by atoms with van der Waals surface area (Å²) < 4.78 is 0. The Balaban J connectivity index is 1.97. The molecular formula is C13H15N3. The number of benzene rings is 1. The van der Waals surface area contributed by atoms with Crippen LogP contribution in [0.25, 0.3) is 10.9 Å². The van der Waals surface area contributed by atoms with Gasteiger partial charge in [0, 0.05) is 17.8 Å². The van der Waals surface area contributed by atoms with Crippen molar-refractivity contribution >= 4 is 10.9 Å². The maximum Gasteiger partial charge on any atom is 0.0929 e. The average molecular weight is 213 g/mol. The average Bonchev–Trinajstić information content (AvgIpc) is 2.39. The minimum atomic E-state index is 0.533. The lowest BCUT2D eigenvalue weighted by Gasteiger charge is -2.21. The predicted molar refractivity (Wildman–Crippen MR) is 64.4 cm³/mol. The summed E-state index contributed by atoms with van der Waals surface area (Å²) in [5.41, 5.74) is 2.11. The summed E-state index contributed by atoms with van der Waals surface area (Å²) in [6.45, 7) is 2.17. The highest BCUT2D eigenvalue weighted by atomic mass is 15.1. The van der Waals surface area contributed by atoms with Gasteiger partial charge in [-0.1, -0.05) is 18.2 Å². The van der Waals surface area contributed by atoms with E-state index >= 15 is 0 Å². The molecule has 2 heterocycles. The second kappa shape index (κ2) is 4.18. The van der Waals surface area contributed by atoms with Crippen LogP contribution in [-0.4, -0.2) is 23.3 Å². The van der Waals surface area contributed by atoms with Crippen molar-refractivity contribution in [3.05, 3.63) is 36.0 Å². The molecule has 0 bridgehead atoms. The van der Waals surface area contributed by atoms with E-state index < -0.39 is 0 Å². The van der Waals surface area contributed by atoms with Gasteiger partial charge in [0.1, 0.15) is 0 Å². The Kier molecular flexibility index (Phi) is 2.54. The van der Waals surface area contributed by atoms with Crippen LogP contribution in [0.1, 0.15) is 24.5 Å². The number of nitrogens with zero attached hydrogens (tertiary/aromatic N) is 2. The molecule has 1 N–H and O–H groups in total. The molecule has 1 unspecified atom stereocenters. The fraction of sp³-hybridized carbons (Fsp3) is 0.385. The molecule has 1 aromatic heterocycles. The molecule has 0 spiro atoms. The van der Waals surface area contributed by atoms with Gasteiger partial charge in [-0.3, -0.25) is 0 Å². The Labute approximate surface area is 94.9 Å². The molecule has 1 atom stereocenters. The van der Waals surface area contributed by atoms with Crippen LogP contribution in [0.2, 0.25) is 0 Å². The van der Waals surface area contributed by atoms with E-state index in [0.717, 1.165) is 24.3 Å². The first kappa shape index (κ1) is 9.73. The van der Waals surface area contributed by atoms with Crippen molar-refractivity contribution in [3.63, 3.8) is 0 Å². The highest BCUT2D eigenvalue weighted by molar-refractivity contribution is 5.78. The number of hydrogen-bond acceptors (Lipinski definition) is 3. The van der Waals surface area contributed by atoms with Gasteiger partial charge in [0.15, 0.2) is 0 Å². The lowest BCUT2D eigenvalue weighted by molar-refractivity contribution is 0.452. The largest absolute Gasteiger partial charge is 0.316 e. The lowest BCUT2D eigenvalue weighted by atomic mass is 9.95. The van der Waals surface area contributed by atoms with E-state index in [-0.39, 0.29) is 0 Å². The molecule has 3 heteroatoms. The van der Waals surface area contributed by atoms with Crippen LogP contribution < -0.4 is 5.32 Å². The summed E-state index contributed by atoms with van der Waals surface area (Å²) >= 11 is 0. The molecule has 1 aliphatic heterocycles. The summed E-state index contributed by atoms with van der Waals surface area (Å²) in [4.78, 5) is 0. The van der Waals surface area contributed by atoms with Crippen LogP contribution in [0, 0.1) is 0 Å². The Morgan fingerprint density at radius 3 is 3.00 bits per heavy atom. The van der Waals surface area contributed by atoms with Crippen molar-refractivity contribution in [1.29, 1.82) is 0 Å². The minimum Gasteiger partial charge on any atom is -0.316 e. The van der Waals surface area contributed by atoms with Crippen molar-refractivity contribution in [2.75, 3.05) is 13.1 Å². The topological polar surface area (TPSA) is 37.8 Å². The molecule has 1 aromatic carbocycles. The van der Waals surface area contributed by atoms with Crippen molar-refractivity contribution in [1.82, 2.24) is 15.5 Å². The fourth-order valence-corrected chi connectivity index (χ4v) is 2.30. The number of piperidine rings is 1. The Morgan fingerprint density at radius 2 is 2.12 bits per heavy atom. The molecule has 1 saturated heterocycles. The third-order valence-corrected chi connectivity index (χ3v) is 3.23. The van der Waals surface area contributed by atoms with E-state index in [1.807, 2.05) is 18.2 Å². The first-order chi connectivity index (χ1) is 7.93. The third-order valence-electron chi connectivity index (χ3n) is 3.23. The van der Waals surface area contributed by atoms with E-state index in [2.05, 4.69) is 27.6 Å². The van der Waals surface area contributed by atoms with Gasteiger partial charge < -0.3 is 5.32 Å². The normalized spacial score (nSPS) is 21.1. The zero-order valence-electron chi connectivity index (χ0n) is 9.19. The third kappa shape index (κ3) is 1.78. The molecule has 0 saturated carbocycles. The standard InChI is InChI=1S/C13H15N3/c1-2-6-12-10(4-1)8-13(16-15-12)11-5-3-7-14-9-11/h1-2,4,6,8,11,14H,3,5,7,9H2. The molecule has 3 nitrogen and oxygen atoms in total. The summed E-state index contributed by atoms with van der Waals surface area (Å²) in [6, 6.07) is 10.3. The van der Waals surface area contributed by atoms with Crippen LogP contribution in [0.15, 0.2) is 30.3 Å². The second-order valence-corrected chi connectivity index (χ2v) is 4.37. The number of hydrogen-bond donors (Lipinski definition) is 1. The van der Waals surface area contributed by atoms with Gasteiger partial charge >= 0.3 is 0 Å². The fourth-order valence-electron chi connectivity index (χ4n) is 2.30. The smallest absolute Gasteiger partial charge is 0.0929 e. The van der Waals surface area contributed by atoms with Gasteiger partial charge in [0.25, 0.3) is 0 Å². The molecule has 82 valence electrons.